The Bertz CT molecular complexity index is 348. The number of likely N-dealkylation sites (N-methyl/N-ethyl adjacent to an activating group) is 1. The highest BCUT2D eigenvalue weighted by atomic mass is 15.4. The van der Waals surface area contributed by atoms with E-state index in [9.17, 15) is 0 Å². The lowest BCUT2D eigenvalue weighted by Crippen LogP contribution is -2.65. The van der Waals surface area contributed by atoms with Gasteiger partial charge in [0.15, 0.2) is 0 Å². The van der Waals surface area contributed by atoms with Crippen molar-refractivity contribution in [3.63, 3.8) is 0 Å². The number of rotatable bonds is 3. The van der Waals surface area contributed by atoms with Crippen LogP contribution in [0.15, 0.2) is 0 Å². The van der Waals surface area contributed by atoms with Crippen LogP contribution in [0.2, 0.25) is 0 Å². The molecule has 0 aromatic rings. The average Bonchev–Trinajstić information content (AvgIpc) is 2.78. The van der Waals surface area contributed by atoms with Gasteiger partial charge < -0.3 is 10.6 Å². The molecule has 3 fully saturated rings. The summed E-state index contributed by atoms with van der Waals surface area (Å²) in [6.45, 7) is 9.46. The molecule has 3 rings (SSSR count). The molecular weight excluding hydrogens is 260 g/mol. The number of hydrogen-bond donors (Lipinski definition) is 1. The van der Waals surface area contributed by atoms with E-state index >= 15 is 0 Å². The molecule has 0 aromatic heterocycles. The highest BCUT2D eigenvalue weighted by molar-refractivity contribution is 5.10. The van der Waals surface area contributed by atoms with Gasteiger partial charge in [-0.3, -0.25) is 9.80 Å². The summed E-state index contributed by atoms with van der Waals surface area (Å²) >= 11 is 0. The van der Waals surface area contributed by atoms with Crippen LogP contribution in [-0.2, 0) is 0 Å². The van der Waals surface area contributed by atoms with Crippen LogP contribution < -0.4 is 5.73 Å². The van der Waals surface area contributed by atoms with E-state index in [1.165, 1.54) is 71.2 Å². The number of nitrogens with zero attached hydrogens (tertiary/aromatic N) is 3. The molecule has 4 nitrogen and oxygen atoms in total. The van der Waals surface area contributed by atoms with Gasteiger partial charge in [0.05, 0.1) is 5.54 Å². The molecular formula is C17H34N4. The minimum absolute atomic E-state index is 0.256. The summed E-state index contributed by atoms with van der Waals surface area (Å²) < 4.78 is 0. The highest BCUT2D eigenvalue weighted by Crippen LogP contribution is 2.40. The first-order valence-electron chi connectivity index (χ1n) is 9.10. The summed E-state index contributed by atoms with van der Waals surface area (Å²) in [5, 5.41) is 0. The van der Waals surface area contributed by atoms with Crippen molar-refractivity contribution in [1.82, 2.24) is 14.7 Å². The van der Waals surface area contributed by atoms with Crippen LogP contribution in [0.4, 0.5) is 0 Å². The van der Waals surface area contributed by atoms with Crippen molar-refractivity contribution in [2.24, 2.45) is 5.73 Å². The summed E-state index contributed by atoms with van der Waals surface area (Å²) in [6.07, 6.45) is 7.97. The zero-order valence-electron chi connectivity index (χ0n) is 14.1. The third kappa shape index (κ3) is 2.76. The first kappa shape index (κ1) is 15.7. The van der Waals surface area contributed by atoms with E-state index in [1.54, 1.807) is 0 Å². The maximum absolute atomic E-state index is 6.43. The van der Waals surface area contributed by atoms with E-state index in [1.807, 2.05) is 0 Å². The third-order valence-corrected chi connectivity index (χ3v) is 6.36. The first-order valence-corrected chi connectivity index (χ1v) is 9.10. The van der Waals surface area contributed by atoms with E-state index in [0.29, 0.717) is 12.1 Å². The molecule has 0 bridgehead atoms. The monoisotopic (exact) mass is 294 g/mol. The van der Waals surface area contributed by atoms with E-state index in [4.69, 9.17) is 5.73 Å². The zero-order valence-corrected chi connectivity index (χ0v) is 14.1. The molecule has 0 saturated carbocycles. The van der Waals surface area contributed by atoms with Crippen molar-refractivity contribution >= 4 is 0 Å². The van der Waals surface area contributed by atoms with Crippen molar-refractivity contribution in [1.29, 1.82) is 0 Å². The number of nitrogens with two attached hydrogens (primary N) is 1. The van der Waals surface area contributed by atoms with Crippen molar-refractivity contribution < 1.29 is 0 Å². The molecule has 0 aromatic carbocycles. The van der Waals surface area contributed by atoms with Crippen molar-refractivity contribution in [2.75, 3.05) is 46.3 Å². The van der Waals surface area contributed by atoms with Crippen LogP contribution in [-0.4, -0.2) is 78.6 Å². The molecule has 122 valence electrons. The largest absolute Gasteiger partial charge is 0.329 e. The molecule has 0 radical (unpaired) electrons. The summed E-state index contributed by atoms with van der Waals surface area (Å²) in [5.41, 5.74) is 6.68. The maximum atomic E-state index is 6.43. The average molecular weight is 294 g/mol. The fourth-order valence-corrected chi connectivity index (χ4v) is 5.24. The normalized spacial score (nSPS) is 40.1. The Morgan fingerprint density at radius 3 is 2.71 bits per heavy atom. The van der Waals surface area contributed by atoms with Gasteiger partial charge in [0.2, 0.25) is 0 Å². The fraction of sp³-hybridized carbons (Fsp3) is 1.00. The standard InChI is InChI=1S/C17H34N4/c1-3-15-13-19(2)9-6-11-21(15)17(14-18)8-12-20-10-5-4-7-16(17)20/h15-16H,3-14,18H2,1-2H3. The van der Waals surface area contributed by atoms with Gasteiger partial charge in [-0.25, -0.2) is 0 Å². The molecule has 2 N–H and O–H groups in total. The van der Waals surface area contributed by atoms with Gasteiger partial charge in [0, 0.05) is 38.3 Å². The molecule has 3 aliphatic heterocycles. The SMILES string of the molecule is CCC1CN(C)CCCN1C1(CN)CCN2CCCCC21. The molecule has 3 unspecified atom stereocenters. The summed E-state index contributed by atoms with van der Waals surface area (Å²) in [5.74, 6) is 0. The molecule has 21 heavy (non-hydrogen) atoms. The van der Waals surface area contributed by atoms with Gasteiger partial charge in [0.1, 0.15) is 0 Å². The van der Waals surface area contributed by atoms with Crippen molar-refractivity contribution in [3.05, 3.63) is 0 Å². The molecule has 0 amide bonds. The van der Waals surface area contributed by atoms with Gasteiger partial charge in [-0.15, -0.1) is 0 Å². The Labute approximate surface area is 130 Å². The molecule has 3 atom stereocenters. The molecule has 3 saturated heterocycles. The Morgan fingerprint density at radius 1 is 1.10 bits per heavy atom. The second-order valence-electron chi connectivity index (χ2n) is 7.48. The van der Waals surface area contributed by atoms with Crippen LogP contribution in [0.1, 0.15) is 45.4 Å². The Hall–Kier alpha value is -0.160. The summed E-state index contributed by atoms with van der Waals surface area (Å²) in [7, 11) is 2.28. The molecule has 4 heteroatoms. The van der Waals surface area contributed by atoms with E-state index in [2.05, 4.69) is 28.7 Å². The topological polar surface area (TPSA) is 35.7 Å². The molecule has 0 aliphatic carbocycles. The minimum atomic E-state index is 0.256. The lowest BCUT2D eigenvalue weighted by molar-refractivity contribution is 0.00658. The summed E-state index contributed by atoms with van der Waals surface area (Å²) in [6, 6.07) is 1.40. The minimum Gasteiger partial charge on any atom is -0.329 e. The zero-order chi connectivity index (χ0) is 14.9. The number of fused-ring (bicyclic) bond motifs is 1. The number of piperidine rings is 1. The van der Waals surface area contributed by atoms with Crippen molar-refractivity contribution in [2.45, 2.75) is 63.1 Å². The first-order chi connectivity index (χ1) is 10.2. The van der Waals surface area contributed by atoms with Gasteiger partial charge in [0.25, 0.3) is 0 Å². The van der Waals surface area contributed by atoms with E-state index in [-0.39, 0.29) is 5.54 Å². The van der Waals surface area contributed by atoms with Crippen LogP contribution >= 0.6 is 0 Å². The lowest BCUT2D eigenvalue weighted by Gasteiger charge is -2.50. The summed E-state index contributed by atoms with van der Waals surface area (Å²) in [4.78, 5) is 8.12. The Kier molecular flexibility index (Phi) is 4.89. The third-order valence-electron chi connectivity index (χ3n) is 6.36. The highest BCUT2D eigenvalue weighted by Gasteiger charge is 2.52. The van der Waals surface area contributed by atoms with Crippen LogP contribution in [0, 0.1) is 0 Å². The second-order valence-corrected chi connectivity index (χ2v) is 7.48. The van der Waals surface area contributed by atoms with E-state index in [0.717, 1.165) is 6.54 Å². The van der Waals surface area contributed by atoms with Crippen LogP contribution in [0.5, 0.6) is 0 Å². The quantitative estimate of drug-likeness (QED) is 0.852. The van der Waals surface area contributed by atoms with Crippen LogP contribution in [0.25, 0.3) is 0 Å². The van der Waals surface area contributed by atoms with E-state index < -0.39 is 0 Å². The smallest absolute Gasteiger partial charge is 0.0502 e. The second kappa shape index (κ2) is 6.53. The van der Waals surface area contributed by atoms with Gasteiger partial charge in [-0.05, 0) is 52.2 Å². The van der Waals surface area contributed by atoms with Crippen LogP contribution in [0.3, 0.4) is 0 Å². The Balaban J connectivity index is 1.86. The van der Waals surface area contributed by atoms with Crippen molar-refractivity contribution in [3.8, 4) is 0 Å². The molecule has 3 heterocycles. The van der Waals surface area contributed by atoms with Gasteiger partial charge in [-0.1, -0.05) is 13.3 Å². The lowest BCUT2D eigenvalue weighted by atomic mass is 9.82. The molecule has 3 aliphatic rings. The Morgan fingerprint density at radius 2 is 1.95 bits per heavy atom. The fourth-order valence-electron chi connectivity index (χ4n) is 5.24. The van der Waals surface area contributed by atoms with Gasteiger partial charge in [-0.2, -0.15) is 0 Å². The predicted octanol–water partition coefficient (Wildman–Crippen LogP) is 1.36. The predicted molar refractivity (Wildman–Crippen MR) is 88.5 cm³/mol. The number of hydrogen-bond acceptors (Lipinski definition) is 4. The van der Waals surface area contributed by atoms with Gasteiger partial charge >= 0.3 is 0 Å². The molecule has 0 spiro atoms. The maximum Gasteiger partial charge on any atom is 0.0502 e.